The van der Waals surface area contributed by atoms with Crippen molar-refractivity contribution in [2.24, 2.45) is 11.8 Å². The summed E-state index contributed by atoms with van der Waals surface area (Å²) in [5.74, 6) is -3.08. The number of nitrogens with one attached hydrogen (secondary N) is 1. The van der Waals surface area contributed by atoms with Gasteiger partial charge >= 0.3 is 0 Å². The number of halogens is 1. The summed E-state index contributed by atoms with van der Waals surface area (Å²) in [6.45, 7) is 4.22. The Balaban J connectivity index is 1.93. The molecule has 1 N–H and O–H groups in total. The topological polar surface area (TPSA) is 69.2 Å². The third kappa shape index (κ3) is 4.41. The lowest BCUT2D eigenvalue weighted by Gasteiger charge is -2.32. The fourth-order valence-corrected chi connectivity index (χ4v) is 2.93. The summed E-state index contributed by atoms with van der Waals surface area (Å²) in [7, 11) is 0. The van der Waals surface area contributed by atoms with Gasteiger partial charge in [0.25, 0.3) is 0 Å². The van der Waals surface area contributed by atoms with E-state index < -0.39 is 17.8 Å². The molecule has 0 unspecified atom stereocenters. The maximum Gasteiger partial charge on any atom is 0.224 e. The highest BCUT2D eigenvalue weighted by atomic mass is 19.1. The molecule has 0 aliphatic heterocycles. The Bertz CT molecular complexity index is 622. The van der Waals surface area contributed by atoms with E-state index in [2.05, 4.69) is 5.32 Å². The number of rotatable bonds is 5. The minimum atomic E-state index is -1.17. The molecule has 2 rings (SSSR count). The first kappa shape index (κ1) is 17.2. The van der Waals surface area contributed by atoms with Gasteiger partial charge < -0.3 is 15.2 Å². The number of carboxylic acids is 1. The molecule has 5 heteroatoms. The predicted octanol–water partition coefficient (Wildman–Crippen LogP) is 1.60. The first-order valence-electron chi connectivity index (χ1n) is 7.76. The van der Waals surface area contributed by atoms with Crippen LogP contribution in [0.15, 0.2) is 35.4 Å². The molecule has 1 aromatic rings. The molecule has 23 heavy (non-hydrogen) atoms. The van der Waals surface area contributed by atoms with Gasteiger partial charge in [-0.2, -0.15) is 0 Å². The van der Waals surface area contributed by atoms with Crippen LogP contribution in [-0.4, -0.2) is 18.4 Å². The predicted molar refractivity (Wildman–Crippen MR) is 82.7 cm³/mol. The van der Waals surface area contributed by atoms with Gasteiger partial charge in [-0.25, -0.2) is 4.39 Å². The number of amides is 1. The number of hydrogen-bond acceptors (Lipinski definition) is 3. The third-order valence-corrected chi connectivity index (χ3v) is 4.53. The number of carboxylic acid groups (broad SMARTS) is 1. The largest absolute Gasteiger partial charge is 0.550 e. The number of aliphatic carboxylic acids is 1. The van der Waals surface area contributed by atoms with E-state index >= 15 is 0 Å². The Morgan fingerprint density at radius 2 is 1.70 bits per heavy atom. The standard InChI is InChI=1S/C18H22FNO3/c1-11-9-15(16(18(22)23)10-12(11)2)17(21)20-8-7-13-3-5-14(19)6-4-13/h3-6,15-16H,7-10H2,1-2H3,(H,20,21)(H,22,23)/p-1/t15-,16-/m0/s1. The molecule has 0 spiro atoms. The van der Waals surface area contributed by atoms with Crippen LogP contribution in [0.1, 0.15) is 32.3 Å². The van der Waals surface area contributed by atoms with Gasteiger partial charge in [0.05, 0.1) is 0 Å². The molecule has 1 aliphatic rings. The Labute approximate surface area is 135 Å². The van der Waals surface area contributed by atoms with Crippen molar-refractivity contribution in [3.63, 3.8) is 0 Å². The van der Waals surface area contributed by atoms with Crippen LogP contribution < -0.4 is 10.4 Å². The van der Waals surface area contributed by atoms with Crippen molar-refractivity contribution in [1.82, 2.24) is 5.32 Å². The van der Waals surface area contributed by atoms with E-state index in [0.29, 0.717) is 25.8 Å². The van der Waals surface area contributed by atoms with Crippen LogP contribution in [0, 0.1) is 17.7 Å². The first-order chi connectivity index (χ1) is 10.9. The molecular formula is C18H21FNO3-. The number of hydrogen-bond donors (Lipinski definition) is 1. The second kappa shape index (κ2) is 7.40. The average Bonchev–Trinajstić information content (AvgIpc) is 2.51. The van der Waals surface area contributed by atoms with Crippen LogP contribution in [-0.2, 0) is 16.0 Å². The molecule has 0 fully saturated rings. The smallest absolute Gasteiger partial charge is 0.224 e. The summed E-state index contributed by atoms with van der Waals surface area (Å²) in [5, 5.41) is 14.1. The summed E-state index contributed by atoms with van der Waals surface area (Å²) in [5.41, 5.74) is 3.01. The Morgan fingerprint density at radius 3 is 2.26 bits per heavy atom. The molecule has 1 amide bonds. The fraction of sp³-hybridized carbons (Fsp3) is 0.444. The summed E-state index contributed by atoms with van der Waals surface area (Å²) in [6.07, 6.45) is 1.39. The second-order valence-electron chi connectivity index (χ2n) is 6.17. The van der Waals surface area contributed by atoms with Gasteiger partial charge in [-0.15, -0.1) is 0 Å². The van der Waals surface area contributed by atoms with Crippen molar-refractivity contribution in [3.8, 4) is 0 Å². The summed E-state index contributed by atoms with van der Waals surface area (Å²) in [4.78, 5) is 23.6. The highest BCUT2D eigenvalue weighted by molar-refractivity contribution is 5.85. The molecule has 1 aliphatic carbocycles. The molecular weight excluding hydrogens is 297 g/mol. The zero-order chi connectivity index (χ0) is 17.0. The molecule has 1 aromatic carbocycles. The molecule has 0 saturated carbocycles. The Morgan fingerprint density at radius 1 is 1.13 bits per heavy atom. The van der Waals surface area contributed by atoms with Crippen molar-refractivity contribution in [2.75, 3.05) is 6.54 Å². The van der Waals surface area contributed by atoms with Crippen molar-refractivity contribution in [1.29, 1.82) is 0 Å². The van der Waals surface area contributed by atoms with Crippen LogP contribution in [0.5, 0.6) is 0 Å². The Kier molecular flexibility index (Phi) is 5.53. The van der Waals surface area contributed by atoms with E-state index in [1.54, 1.807) is 12.1 Å². The van der Waals surface area contributed by atoms with Crippen molar-refractivity contribution < 1.29 is 19.1 Å². The molecule has 124 valence electrons. The molecule has 4 nitrogen and oxygen atoms in total. The van der Waals surface area contributed by atoms with E-state index in [1.807, 2.05) is 13.8 Å². The zero-order valence-electron chi connectivity index (χ0n) is 13.4. The monoisotopic (exact) mass is 318 g/mol. The normalized spacial score (nSPS) is 21.2. The van der Waals surface area contributed by atoms with Gasteiger partial charge in [0.15, 0.2) is 0 Å². The van der Waals surface area contributed by atoms with Gasteiger partial charge in [0.2, 0.25) is 5.91 Å². The summed E-state index contributed by atoms with van der Waals surface area (Å²) >= 11 is 0. The number of carbonyl (C=O) groups excluding carboxylic acids is 2. The van der Waals surface area contributed by atoms with Crippen molar-refractivity contribution in [3.05, 3.63) is 46.8 Å². The zero-order valence-corrected chi connectivity index (χ0v) is 13.4. The molecule has 0 radical (unpaired) electrons. The summed E-state index contributed by atoms with van der Waals surface area (Å²) < 4.78 is 12.8. The van der Waals surface area contributed by atoms with E-state index in [4.69, 9.17) is 0 Å². The van der Waals surface area contributed by atoms with Crippen LogP contribution in [0.3, 0.4) is 0 Å². The molecule has 0 saturated heterocycles. The first-order valence-corrected chi connectivity index (χ1v) is 7.76. The van der Waals surface area contributed by atoms with Gasteiger partial charge in [-0.1, -0.05) is 23.3 Å². The SMILES string of the molecule is CC1=C(C)C[C@H](C(=O)NCCc2ccc(F)cc2)[C@@H](C(=O)[O-])C1. The lowest BCUT2D eigenvalue weighted by molar-refractivity contribution is -0.313. The quantitative estimate of drug-likeness (QED) is 0.838. The van der Waals surface area contributed by atoms with Crippen molar-refractivity contribution >= 4 is 11.9 Å². The van der Waals surface area contributed by atoms with Gasteiger partial charge in [-0.3, -0.25) is 4.79 Å². The minimum Gasteiger partial charge on any atom is -0.550 e. The van der Waals surface area contributed by atoms with Crippen LogP contribution in [0.2, 0.25) is 0 Å². The van der Waals surface area contributed by atoms with E-state index in [0.717, 1.165) is 16.7 Å². The van der Waals surface area contributed by atoms with E-state index in [-0.39, 0.29) is 11.7 Å². The highest BCUT2D eigenvalue weighted by Gasteiger charge is 2.33. The number of carbonyl (C=O) groups is 2. The minimum absolute atomic E-state index is 0.256. The second-order valence-corrected chi connectivity index (χ2v) is 6.17. The summed E-state index contributed by atoms with van der Waals surface area (Å²) in [6, 6.07) is 6.09. The fourth-order valence-electron chi connectivity index (χ4n) is 2.93. The van der Waals surface area contributed by atoms with Crippen LogP contribution in [0.25, 0.3) is 0 Å². The third-order valence-electron chi connectivity index (χ3n) is 4.53. The molecule has 2 atom stereocenters. The maximum absolute atomic E-state index is 12.8. The molecule has 0 heterocycles. The Hall–Kier alpha value is -2.17. The highest BCUT2D eigenvalue weighted by Crippen LogP contribution is 2.33. The van der Waals surface area contributed by atoms with Gasteiger partial charge in [-0.05, 0) is 50.8 Å². The van der Waals surface area contributed by atoms with E-state index in [9.17, 15) is 19.1 Å². The molecule has 0 aromatic heterocycles. The number of allylic oxidation sites excluding steroid dienone is 2. The lowest BCUT2D eigenvalue weighted by Crippen LogP contribution is -2.45. The van der Waals surface area contributed by atoms with Crippen LogP contribution >= 0.6 is 0 Å². The molecule has 0 bridgehead atoms. The van der Waals surface area contributed by atoms with Crippen LogP contribution in [0.4, 0.5) is 4.39 Å². The average molecular weight is 318 g/mol. The lowest BCUT2D eigenvalue weighted by atomic mass is 9.76. The van der Waals surface area contributed by atoms with Gasteiger partial charge in [0.1, 0.15) is 5.82 Å². The van der Waals surface area contributed by atoms with Gasteiger partial charge in [0, 0.05) is 24.3 Å². The van der Waals surface area contributed by atoms with E-state index in [1.165, 1.54) is 12.1 Å². The van der Waals surface area contributed by atoms with Crippen molar-refractivity contribution in [2.45, 2.75) is 33.1 Å². The number of benzene rings is 1. The maximum atomic E-state index is 12.8.